The highest BCUT2D eigenvalue weighted by Crippen LogP contribution is 2.17. The SMILES string of the molecule is CCCCCCCCCCCC(C)OS(=O)(=O)OC(C)CCCCCCCCCCC. The molecule has 0 aromatic rings. The summed E-state index contributed by atoms with van der Waals surface area (Å²) in [7, 11) is -3.90. The first-order valence-corrected chi connectivity index (χ1v) is 14.9. The number of hydrogen-bond donors (Lipinski definition) is 0. The van der Waals surface area contributed by atoms with Crippen LogP contribution in [0.15, 0.2) is 0 Å². The van der Waals surface area contributed by atoms with E-state index in [4.69, 9.17) is 8.37 Å². The normalized spacial score (nSPS) is 14.1. The molecule has 0 fully saturated rings. The van der Waals surface area contributed by atoms with E-state index in [0.717, 1.165) is 38.5 Å². The molecular weight excluding hydrogens is 408 g/mol. The maximum atomic E-state index is 12.1. The molecule has 2 atom stereocenters. The third kappa shape index (κ3) is 22.8. The summed E-state index contributed by atoms with van der Waals surface area (Å²) >= 11 is 0. The Kier molecular flexibility index (Phi) is 21.6. The first-order valence-electron chi connectivity index (χ1n) is 13.5. The van der Waals surface area contributed by atoms with Crippen LogP contribution in [0.4, 0.5) is 0 Å². The lowest BCUT2D eigenvalue weighted by molar-refractivity contribution is 0.127. The maximum absolute atomic E-state index is 12.1. The van der Waals surface area contributed by atoms with Gasteiger partial charge in [-0.2, -0.15) is 8.42 Å². The van der Waals surface area contributed by atoms with Crippen LogP contribution >= 0.6 is 0 Å². The second-order valence-electron chi connectivity index (χ2n) is 9.46. The highest BCUT2D eigenvalue weighted by molar-refractivity contribution is 7.81. The van der Waals surface area contributed by atoms with Crippen LogP contribution in [0.25, 0.3) is 0 Å². The van der Waals surface area contributed by atoms with Gasteiger partial charge in [0.1, 0.15) is 0 Å². The molecule has 5 heteroatoms. The minimum absolute atomic E-state index is 0.311. The van der Waals surface area contributed by atoms with Crippen molar-refractivity contribution in [1.82, 2.24) is 0 Å². The van der Waals surface area contributed by atoms with Crippen molar-refractivity contribution in [1.29, 1.82) is 0 Å². The highest BCUT2D eigenvalue weighted by Gasteiger charge is 2.20. The van der Waals surface area contributed by atoms with Gasteiger partial charge in [-0.15, -0.1) is 0 Å². The Bertz CT molecular complexity index is 428. The minimum Gasteiger partial charge on any atom is -0.245 e. The van der Waals surface area contributed by atoms with E-state index >= 15 is 0 Å². The van der Waals surface area contributed by atoms with E-state index in [1.165, 1.54) is 89.9 Å². The average Bonchev–Trinajstić information content (AvgIpc) is 2.70. The van der Waals surface area contributed by atoms with Gasteiger partial charge >= 0.3 is 10.4 Å². The zero-order chi connectivity index (χ0) is 23.2. The van der Waals surface area contributed by atoms with Crippen molar-refractivity contribution in [2.24, 2.45) is 0 Å². The van der Waals surface area contributed by atoms with Crippen molar-refractivity contribution >= 4 is 10.4 Å². The molecule has 0 aliphatic rings. The third-order valence-corrected chi connectivity index (χ3v) is 7.12. The van der Waals surface area contributed by atoms with Gasteiger partial charge in [0, 0.05) is 0 Å². The van der Waals surface area contributed by atoms with Crippen molar-refractivity contribution in [3.63, 3.8) is 0 Å². The molecule has 0 aliphatic carbocycles. The van der Waals surface area contributed by atoms with E-state index in [0.29, 0.717) is 0 Å². The second-order valence-corrected chi connectivity index (χ2v) is 10.7. The number of rotatable bonds is 24. The number of hydrogen-bond acceptors (Lipinski definition) is 4. The highest BCUT2D eigenvalue weighted by atomic mass is 32.3. The Hall–Kier alpha value is -0.130. The van der Waals surface area contributed by atoms with Crippen molar-refractivity contribution in [3.05, 3.63) is 0 Å². The first-order chi connectivity index (χ1) is 14.9. The van der Waals surface area contributed by atoms with Gasteiger partial charge in [0.2, 0.25) is 0 Å². The fraction of sp³-hybridized carbons (Fsp3) is 1.00. The molecule has 0 aromatic heterocycles. The lowest BCUT2D eigenvalue weighted by Crippen LogP contribution is -2.22. The standard InChI is InChI=1S/C26H54O4S/c1-5-7-9-11-13-15-17-19-21-23-25(3)29-31(27,28)30-26(4)24-22-20-18-16-14-12-10-8-6-2/h25-26H,5-24H2,1-4H3. The summed E-state index contributed by atoms with van der Waals surface area (Å²) in [6.45, 7) is 8.15. The molecule has 0 amide bonds. The third-order valence-electron chi connectivity index (χ3n) is 5.99. The summed E-state index contributed by atoms with van der Waals surface area (Å²) in [5.74, 6) is 0. The van der Waals surface area contributed by atoms with Crippen molar-refractivity contribution < 1.29 is 16.8 Å². The van der Waals surface area contributed by atoms with Gasteiger partial charge < -0.3 is 0 Å². The smallest absolute Gasteiger partial charge is 0.245 e. The number of unbranched alkanes of at least 4 members (excludes halogenated alkanes) is 16. The summed E-state index contributed by atoms with van der Waals surface area (Å²) in [6, 6.07) is 0. The predicted octanol–water partition coefficient (Wildman–Crippen LogP) is 8.88. The second kappa shape index (κ2) is 21.7. The molecule has 0 rings (SSSR count). The monoisotopic (exact) mass is 462 g/mol. The molecule has 4 nitrogen and oxygen atoms in total. The Morgan fingerprint density at radius 1 is 0.484 bits per heavy atom. The van der Waals surface area contributed by atoms with E-state index in [-0.39, 0.29) is 12.2 Å². The Morgan fingerprint density at radius 2 is 0.742 bits per heavy atom. The largest absolute Gasteiger partial charge is 0.400 e. The van der Waals surface area contributed by atoms with E-state index in [2.05, 4.69) is 13.8 Å². The van der Waals surface area contributed by atoms with Gasteiger partial charge in [0.25, 0.3) is 0 Å². The van der Waals surface area contributed by atoms with Gasteiger partial charge in [-0.1, -0.05) is 129 Å². The summed E-state index contributed by atoms with van der Waals surface area (Å²) in [5.41, 5.74) is 0. The molecule has 0 aromatic carbocycles. The van der Waals surface area contributed by atoms with Crippen LogP contribution in [0.5, 0.6) is 0 Å². The Labute approximate surface area is 195 Å². The van der Waals surface area contributed by atoms with Crippen LogP contribution in [0.2, 0.25) is 0 Å². The van der Waals surface area contributed by atoms with Crippen molar-refractivity contribution in [2.45, 2.75) is 168 Å². The van der Waals surface area contributed by atoms with Gasteiger partial charge in [-0.25, -0.2) is 8.37 Å². The lowest BCUT2D eigenvalue weighted by Gasteiger charge is -2.16. The molecule has 0 radical (unpaired) electrons. The van der Waals surface area contributed by atoms with Crippen LogP contribution < -0.4 is 0 Å². The van der Waals surface area contributed by atoms with E-state index in [1.54, 1.807) is 0 Å². The molecule has 31 heavy (non-hydrogen) atoms. The van der Waals surface area contributed by atoms with Crippen LogP contribution in [0, 0.1) is 0 Å². The van der Waals surface area contributed by atoms with E-state index in [9.17, 15) is 8.42 Å². The van der Waals surface area contributed by atoms with Crippen LogP contribution in [0.1, 0.15) is 156 Å². The zero-order valence-electron chi connectivity index (χ0n) is 21.3. The van der Waals surface area contributed by atoms with Crippen molar-refractivity contribution in [2.75, 3.05) is 0 Å². The summed E-state index contributed by atoms with van der Waals surface area (Å²) in [6.07, 6.45) is 23.6. The Balaban J connectivity index is 3.67. The van der Waals surface area contributed by atoms with Crippen LogP contribution in [-0.2, 0) is 18.8 Å². The zero-order valence-corrected chi connectivity index (χ0v) is 22.2. The van der Waals surface area contributed by atoms with E-state index < -0.39 is 10.4 Å². The quantitative estimate of drug-likeness (QED) is 0.134. The van der Waals surface area contributed by atoms with E-state index in [1.807, 2.05) is 13.8 Å². The molecule has 2 unspecified atom stereocenters. The predicted molar refractivity (Wildman–Crippen MR) is 134 cm³/mol. The maximum Gasteiger partial charge on any atom is 0.400 e. The molecule has 0 saturated carbocycles. The minimum atomic E-state index is -3.90. The summed E-state index contributed by atoms with van der Waals surface area (Å²) < 4.78 is 34.7. The average molecular weight is 463 g/mol. The molecule has 0 N–H and O–H groups in total. The molecule has 0 heterocycles. The lowest BCUT2D eigenvalue weighted by atomic mass is 10.1. The first kappa shape index (κ1) is 30.9. The molecule has 0 saturated heterocycles. The molecule has 0 bridgehead atoms. The molecule has 0 aliphatic heterocycles. The van der Waals surface area contributed by atoms with Crippen LogP contribution in [-0.4, -0.2) is 20.6 Å². The van der Waals surface area contributed by atoms with Gasteiger partial charge in [-0.05, 0) is 26.7 Å². The molecule has 188 valence electrons. The topological polar surface area (TPSA) is 52.6 Å². The summed E-state index contributed by atoms with van der Waals surface area (Å²) in [5, 5.41) is 0. The molecule has 0 spiro atoms. The van der Waals surface area contributed by atoms with Gasteiger partial charge in [0.05, 0.1) is 12.2 Å². The fourth-order valence-electron chi connectivity index (χ4n) is 4.01. The molecular formula is C26H54O4S. The summed E-state index contributed by atoms with van der Waals surface area (Å²) in [4.78, 5) is 0. The Morgan fingerprint density at radius 3 is 1.03 bits per heavy atom. The van der Waals surface area contributed by atoms with Gasteiger partial charge in [0.15, 0.2) is 0 Å². The fourth-order valence-corrected chi connectivity index (χ4v) is 5.05. The van der Waals surface area contributed by atoms with Gasteiger partial charge in [-0.3, -0.25) is 0 Å². The van der Waals surface area contributed by atoms with Crippen molar-refractivity contribution in [3.8, 4) is 0 Å². The van der Waals surface area contributed by atoms with Crippen LogP contribution in [0.3, 0.4) is 0 Å².